The number of hydrogen-bond acceptors (Lipinski definition) is 3. The molecular weight excluding hydrogens is 230 g/mol. The van der Waals surface area contributed by atoms with Crippen LogP contribution in [0.1, 0.15) is 46.5 Å². The van der Waals surface area contributed by atoms with Crippen LogP contribution in [0.25, 0.3) is 0 Å². The summed E-state index contributed by atoms with van der Waals surface area (Å²) in [6.45, 7) is 7.49. The Hall–Kier alpha value is -1.10. The third kappa shape index (κ3) is 14.9. The molecule has 0 radical (unpaired) electrons. The Morgan fingerprint density at radius 3 is 2.17 bits per heavy atom. The minimum atomic E-state index is -0.389. The Morgan fingerprint density at radius 2 is 1.83 bits per heavy atom. The van der Waals surface area contributed by atoms with Gasteiger partial charge in [-0.25, -0.2) is 0 Å². The maximum absolute atomic E-state index is 11.1. The van der Waals surface area contributed by atoms with Crippen LogP contribution in [0, 0.1) is 5.92 Å². The van der Waals surface area contributed by atoms with Crippen molar-refractivity contribution in [3.05, 3.63) is 0 Å². The van der Waals surface area contributed by atoms with Crippen LogP contribution in [0.15, 0.2) is 0 Å². The number of amides is 2. The van der Waals surface area contributed by atoms with E-state index in [2.05, 4.69) is 17.6 Å². The van der Waals surface area contributed by atoms with Gasteiger partial charge in [0.1, 0.15) is 0 Å². The number of carbonyl (C=O) groups excluding carboxylic acids is 2. The van der Waals surface area contributed by atoms with Gasteiger partial charge in [0.15, 0.2) is 0 Å². The van der Waals surface area contributed by atoms with Crippen molar-refractivity contribution in [1.82, 2.24) is 10.6 Å². The number of hydrogen-bond donors (Lipinski definition) is 3. The van der Waals surface area contributed by atoms with E-state index in [0.29, 0.717) is 6.54 Å². The molecule has 5 heteroatoms. The maximum atomic E-state index is 11.1. The van der Waals surface area contributed by atoms with Gasteiger partial charge >= 0.3 is 0 Å². The van der Waals surface area contributed by atoms with Crippen LogP contribution in [0.4, 0.5) is 0 Å². The maximum Gasteiger partial charge on any atom is 0.222 e. The van der Waals surface area contributed by atoms with Gasteiger partial charge in [-0.05, 0) is 26.4 Å². The highest BCUT2D eigenvalue weighted by atomic mass is 16.2. The lowest BCUT2D eigenvalue weighted by molar-refractivity contribution is -0.124. The Morgan fingerprint density at radius 1 is 1.22 bits per heavy atom. The molecule has 18 heavy (non-hydrogen) atoms. The number of nitrogens with two attached hydrogens (primary N) is 1. The van der Waals surface area contributed by atoms with E-state index in [0.717, 1.165) is 13.0 Å². The van der Waals surface area contributed by atoms with Crippen molar-refractivity contribution in [2.24, 2.45) is 11.7 Å². The van der Waals surface area contributed by atoms with E-state index >= 15 is 0 Å². The smallest absolute Gasteiger partial charge is 0.222 e. The second-order valence-electron chi connectivity index (χ2n) is 4.27. The first-order valence-electron chi connectivity index (χ1n) is 6.70. The average Bonchev–Trinajstić information content (AvgIpc) is 2.35. The highest BCUT2D eigenvalue weighted by molar-refractivity contribution is 5.79. The summed E-state index contributed by atoms with van der Waals surface area (Å²) in [7, 11) is 1.98. The van der Waals surface area contributed by atoms with E-state index in [1.54, 1.807) is 0 Å². The SMILES string of the molecule is CCCCNC.CC[C@@H](C)C(=O)NCCC(N)=O. The van der Waals surface area contributed by atoms with Crippen molar-refractivity contribution in [3.63, 3.8) is 0 Å². The van der Waals surface area contributed by atoms with Gasteiger partial charge in [0.25, 0.3) is 0 Å². The van der Waals surface area contributed by atoms with Crippen LogP contribution in [0.3, 0.4) is 0 Å². The summed E-state index contributed by atoms with van der Waals surface area (Å²) in [4.78, 5) is 21.4. The molecule has 0 aliphatic heterocycles. The Kier molecular flexibility index (Phi) is 14.9. The highest BCUT2D eigenvalue weighted by Crippen LogP contribution is 1.98. The Bertz CT molecular complexity index is 216. The fourth-order valence-corrected chi connectivity index (χ4v) is 1.02. The third-order valence-electron chi connectivity index (χ3n) is 2.51. The summed E-state index contributed by atoms with van der Waals surface area (Å²) in [6, 6.07) is 0. The van der Waals surface area contributed by atoms with Crippen molar-refractivity contribution in [1.29, 1.82) is 0 Å². The quantitative estimate of drug-likeness (QED) is 0.569. The first-order valence-corrected chi connectivity index (χ1v) is 6.70. The number of nitrogens with one attached hydrogen (secondary N) is 2. The molecule has 0 heterocycles. The molecule has 0 aromatic rings. The van der Waals surface area contributed by atoms with Gasteiger partial charge < -0.3 is 16.4 Å². The zero-order valence-electron chi connectivity index (χ0n) is 12.2. The molecular formula is C13H29N3O2. The minimum Gasteiger partial charge on any atom is -0.370 e. The molecule has 0 bridgehead atoms. The molecule has 1 atom stereocenters. The van der Waals surface area contributed by atoms with E-state index < -0.39 is 0 Å². The predicted octanol–water partition coefficient (Wildman–Crippen LogP) is 1.03. The summed E-state index contributed by atoms with van der Waals surface area (Å²) in [6.07, 6.45) is 3.61. The van der Waals surface area contributed by atoms with Crippen LogP contribution in [-0.2, 0) is 9.59 Å². The fourth-order valence-electron chi connectivity index (χ4n) is 1.02. The molecule has 2 amide bonds. The molecule has 0 spiro atoms. The lowest BCUT2D eigenvalue weighted by atomic mass is 10.1. The molecule has 0 aliphatic carbocycles. The summed E-state index contributed by atoms with van der Waals surface area (Å²) in [5.41, 5.74) is 4.90. The first-order chi connectivity index (χ1) is 8.49. The molecule has 0 unspecified atom stereocenters. The van der Waals surface area contributed by atoms with E-state index in [1.807, 2.05) is 20.9 Å². The lowest BCUT2D eigenvalue weighted by Crippen LogP contribution is -2.31. The molecule has 0 saturated heterocycles. The topological polar surface area (TPSA) is 84.2 Å². The summed E-state index contributed by atoms with van der Waals surface area (Å²) in [5, 5.41) is 5.69. The fraction of sp³-hybridized carbons (Fsp3) is 0.846. The molecule has 4 N–H and O–H groups in total. The number of carbonyl (C=O) groups is 2. The zero-order chi connectivity index (χ0) is 14.4. The second kappa shape index (κ2) is 14.0. The van der Waals surface area contributed by atoms with Crippen LogP contribution in [-0.4, -0.2) is 32.0 Å². The van der Waals surface area contributed by atoms with E-state index in [1.165, 1.54) is 12.8 Å². The molecule has 0 saturated carbocycles. The first kappa shape index (κ1) is 19.2. The number of rotatable bonds is 8. The van der Waals surface area contributed by atoms with Crippen molar-refractivity contribution in [2.75, 3.05) is 20.1 Å². The normalized spacial score (nSPS) is 11.1. The van der Waals surface area contributed by atoms with Crippen LogP contribution in [0.2, 0.25) is 0 Å². The van der Waals surface area contributed by atoms with Crippen LogP contribution in [0.5, 0.6) is 0 Å². The summed E-state index contributed by atoms with van der Waals surface area (Å²) < 4.78 is 0. The Balaban J connectivity index is 0. The van der Waals surface area contributed by atoms with Gasteiger partial charge in [0.05, 0.1) is 0 Å². The Labute approximate surface area is 111 Å². The van der Waals surface area contributed by atoms with Gasteiger partial charge in [-0.15, -0.1) is 0 Å². The average molecular weight is 259 g/mol. The van der Waals surface area contributed by atoms with Gasteiger partial charge in [-0.3, -0.25) is 9.59 Å². The van der Waals surface area contributed by atoms with Gasteiger partial charge in [-0.2, -0.15) is 0 Å². The van der Waals surface area contributed by atoms with Crippen LogP contribution < -0.4 is 16.4 Å². The minimum absolute atomic E-state index is 0.0119. The summed E-state index contributed by atoms with van der Waals surface area (Å²) >= 11 is 0. The van der Waals surface area contributed by atoms with Gasteiger partial charge in [-0.1, -0.05) is 27.2 Å². The van der Waals surface area contributed by atoms with Crippen molar-refractivity contribution in [2.45, 2.75) is 46.5 Å². The van der Waals surface area contributed by atoms with Gasteiger partial charge in [0, 0.05) is 18.9 Å². The molecule has 5 nitrogen and oxygen atoms in total. The molecule has 0 aromatic heterocycles. The van der Waals surface area contributed by atoms with Crippen molar-refractivity contribution in [3.8, 4) is 0 Å². The van der Waals surface area contributed by atoms with Gasteiger partial charge in [0.2, 0.25) is 11.8 Å². The van der Waals surface area contributed by atoms with E-state index in [4.69, 9.17) is 5.73 Å². The molecule has 0 aliphatic rings. The van der Waals surface area contributed by atoms with Crippen molar-refractivity contribution >= 4 is 11.8 Å². The standard InChI is InChI=1S/C8H16N2O2.C5H13N/c1-3-6(2)8(12)10-5-4-7(9)11;1-3-4-5-6-2/h6H,3-5H2,1-2H3,(H2,9,11)(H,10,12);6H,3-5H2,1-2H3/t6-;/m1./s1. The second-order valence-corrected chi connectivity index (χ2v) is 4.27. The zero-order valence-corrected chi connectivity index (χ0v) is 12.2. The lowest BCUT2D eigenvalue weighted by Gasteiger charge is -2.08. The van der Waals surface area contributed by atoms with Crippen LogP contribution >= 0.6 is 0 Å². The number of primary amides is 1. The van der Waals surface area contributed by atoms with E-state index in [-0.39, 0.29) is 24.2 Å². The molecule has 0 aromatic carbocycles. The molecule has 108 valence electrons. The molecule has 0 fully saturated rings. The molecule has 0 rings (SSSR count). The van der Waals surface area contributed by atoms with E-state index in [9.17, 15) is 9.59 Å². The predicted molar refractivity (Wildman–Crippen MR) is 75.1 cm³/mol. The highest BCUT2D eigenvalue weighted by Gasteiger charge is 2.08. The van der Waals surface area contributed by atoms with Crippen molar-refractivity contribution < 1.29 is 9.59 Å². The number of unbranched alkanes of at least 4 members (excludes halogenated alkanes) is 1. The largest absolute Gasteiger partial charge is 0.370 e. The monoisotopic (exact) mass is 259 g/mol. The third-order valence-corrected chi connectivity index (χ3v) is 2.51. The summed E-state index contributed by atoms with van der Waals surface area (Å²) in [5.74, 6) is -0.393.